The highest BCUT2D eigenvalue weighted by Crippen LogP contribution is 2.36. The lowest BCUT2D eigenvalue weighted by Crippen LogP contribution is -2.32. The zero-order valence-electron chi connectivity index (χ0n) is 10.4. The average molecular weight is 274 g/mol. The molecular formula is C13H17F3N2O. The van der Waals surface area contributed by atoms with Crippen LogP contribution in [0, 0.1) is 5.92 Å². The molecule has 0 bridgehead atoms. The molecule has 0 spiro atoms. The summed E-state index contributed by atoms with van der Waals surface area (Å²) in [5, 5.41) is 0. The Hall–Kier alpha value is -1.27. The van der Waals surface area contributed by atoms with Gasteiger partial charge < -0.3 is 4.74 Å². The molecule has 0 saturated heterocycles. The van der Waals surface area contributed by atoms with Gasteiger partial charge in [0.05, 0.1) is 0 Å². The second kappa shape index (κ2) is 5.79. The molecule has 1 aromatic rings. The fourth-order valence-corrected chi connectivity index (χ4v) is 2.70. The molecule has 2 rings (SSSR count). The van der Waals surface area contributed by atoms with Crippen molar-refractivity contribution in [1.29, 1.82) is 0 Å². The molecule has 0 aliphatic heterocycles. The van der Waals surface area contributed by atoms with E-state index in [1.165, 1.54) is 12.1 Å². The minimum atomic E-state index is -4.67. The van der Waals surface area contributed by atoms with E-state index in [2.05, 4.69) is 10.2 Å². The summed E-state index contributed by atoms with van der Waals surface area (Å²) >= 11 is 0. The molecule has 1 unspecified atom stereocenters. The first-order valence-electron chi connectivity index (χ1n) is 6.31. The Morgan fingerprint density at radius 1 is 1.26 bits per heavy atom. The van der Waals surface area contributed by atoms with Crippen molar-refractivity contribution < 1.29 is 17.9 Å². The number of alkyl halides is 3. The third-order valence-corrected chi connectivity index (χ3v) is 3.50. The quantitative estimate of drug-likeness (QED) is 0.654. The van der Waals surface area contributed by atoms with Crippen LogP contribution in [0.1, 0.15) is 37.3 Å². The van der Waals surface area contributed by atoms with Gasteiger partial charge in [0.15, 0.2) is 0 Å². The average Bonchev–Trinajstić information content (AvgIpc) is 2.82. The summed E-state index contributed by atoms with van der Waals surface area (Å²) in [4.78, 5) is 0. The molecule has 106 valence electrons. The number of nitrogens with one attached hydrogen (secondary N) is 1. The summed E-state index contributed by atoms with van der Waals surface area (Å²) in [6.45, 7) is 0. The maximum Gasteiger partial charge on any atom is 0.573 e. The van der Waals surface area contributed by atoms with Crippen LogP contribution in [-0.4, -0.2) is 6.36 Å². The molecule has 19 heavy (non-hydrogen) atoms. The van der Waals surface area contributed by atoms with Crippen molar-refractivity contribution in [3.05, 3.63) is 29.8 Å². The fourth-order valence-electron chi connectivity index (χ4n) is 2.70. The molecular weight excluding hydrogens is 257 g/mol. The van der Waals surface area contributed by atoms with Gasteiger partial charge in [0, 0.05) is 6.04 Å². The number of hydrogen-bond donors (Lipinski definition) is 2. The highest BCUT2D eigenvalue weighted by Gasteiger charge is 2.32. The van der Waals surface area contributed by atoms with Gasteiger partial charge in [-0.05, 0) is 36.5 Å². The van der Waals surface area contributed by atoms with E-state index in [1.807, 2.05) is 0 Å². The largest absolute Gasteiger partial charge is 0.573 e. The van der Waals surface area contributed by atoms with Crippen LogP contribution in [0.5, 0.6) is 5.75 Å². The first-order chi connectivity index (χ1) is 8.99. The third-order valence-electron chi connectivity index (χ3n) is 3.50. The van der Waals surface area contributed by atoms with Gasteiger partial charge in [-0.15, -0.1) is 13.2 Å². The number of rotatable bonds is 4. The minimum absolute atomic E-state index is 0.126. The van der Waals surface area contributed by atoms with Crippen LogP contribution >= 0.6 is 0 Å². The summed E-state index contributed by atoms with van der Waals surface area (Å²) in [5.41, 5.74) is 3.45. The Morgan fingerprint density at radius 2 is 1.95 bits per heavy atom. The Kier molecular flexibility index (Phi) is 4.31. The monoisotopic (exact) mass is 274 g/mol. The lowest BCUT2D eigenvalue weighted by molar-refractivity contribution is -0.274. The van der Waals surface area contributed by atoms with E-state index in [9.17, 15) is 13.2 Å². The minimum Gasteiger partial charge on any atom is -0.406 e. The van der Waals surface area contributed by atoms with Crippen molar-refractivity contribution in [3.63, 3.8) is 0 Å². The Balaban J connectivity index is 2.16. The zero-order chi connectivity index (χ0) is 13.9. The topological polar surface area (TPSA) is 47.3 Å². The van der Waals surface area contributed by atoms with E-state index in [0.717, 1.165) is 31.2 Å². The van der Waals surface area contributed by atoms with Crippen LogP contribution in [0.2, 0.25) is 0 Å². The van der Waals surface area contributed by atoms with Crippen LogP contribution < -0.4 is 16.0 Å². The van der Waals surface area contributed by atoms with Crippen LogP contribution in [0.15, 0.2) is 24.3 Å². The Labute approximate surface area is 109 Å². The first kappa shape index (κ1) is 14.1. The van der Waals surface area contributed by atoms with Crippen LogP contribution in [-0.2, 0) is 0 Å². The molecule has 1 aliphatic rings. The van der Waals surface area contributed by atoms with Gasteiger partial charge in [-0.1, -0.05) is 25.0 Å². The van der Waals surface area contributed by atoms with Crippen molar-refractivity contribution in [1.82, 2.24) is 5.43 Å². The maximum absolute atomic E-state index is 12.2. The van der Waals surface area contributed by atoms with E-state index in [-0.39, 0.29) is 11.8 Å². The summed E-state index contributed by atoms with van der Waals surface area (Å²) < 4.78 is 40.5. The Morgan fingerprint density at radius 3 is 2.53 bits per heavy atom. The van der Waals surface area contributed by atoms with Gasteiger partial charge in [0.1, 0.15) is 5.75 Å². The Bertz CT molecular complexity index is 417. The molecule has 1 aliphatic carbocycles. The molecule has 1 saturated carbocycles. The molecule has 6 heteroatoms. The van der Waals surface area contributed by atoms with Crippen molar-refractivity contribution in [2.75, 3.05) is 0 Å². The number of ether oxygens (including phenoxy) is 1. The molecule has 3 nitrogen and oxygen atoms in total. The molecule has 0 radical (unpaired) electrons. The van der Waals surface area contributed by atoms with E-state index in [4.69, 9.17) is 5.84 Å². The van der Waals surface area contributed by atoms with Crippen molar-refractivity contribution in [2.45, 2.75) is 38.1 Å². The van der Waals surface area contributed by atoms with Gasteiger partial charge in [-0.25, -0.2) is 0 Å². The number of halogens is 3. The van der Waals surface area contributed by atoms with Crippen molar-refractivity contribution in [3.8, 4) is 5.75 Å². The van der Waals surface area contributed by atoms with Gasteiger partial charge in [0.25, 0.3) is 0 Å². The standard InChI is InChI=1S/C13H17F3N2O/c14-13(15,16)19-11-7-3-6-10(8-11)12(18-17)9-4-1-2-5-9/h3,6-9,12,18H,1-2,4-5,17H2. The van der Waals surface area contributed by atoms with Crippen LogP contribution in [0.3, 0.4) is 0 Å². The van der Waals surface area contributed by atoms with E-state index in [1.54, 1.807) is 12.1 Å². The zero-order valence-corrected chi connectivity index (χ0v) is 10.4. The number of hydrazine groups is 1. The highest BCUT2D eigenvalue weighted by molar-refractivity contribution is 5.31. The summed E-state index contributed by atoms with van der Waals surface area (Å²) in [7, 11) is 0. The summed E-state index contributed by atoms with van der Waals surface area (Å²) in [6.07, 6.45) is -0.306. The lowest BCUT2D eigenvalue weighted by atomic mass is 9.92. The summed E-state index contributed by atoms with van der Waals surface area (Å²) in [6, 6.07) is 5.89. The number of nitrogens with two attached hydrogens (primary N) is 1. The van der Waals surface area contributed by atoms with Crippen molar-refractivity contribution >= 4 is 0 Å². The fraction of sp³-hybridized carbons (Fsp3) is 0.538. The van der Waals surface area contributed by atoms with E-state index in [0.29, 0.717) is 5.92 Å². The first-order valence-corrected chi connectivity index (χ1v) is 6.31. The van der Waals surface area contributed by atoms with Gasteiger partial charge >= 0.3 is 6.36 Å². The normalized spacial score (nSPS) is 18.5. The summed E-state index contributed by atoms with van der Waals surface area (Å²) in [5.74, 6) is 5.71. The predicted molar refractivity (Wildman–Crippen MR) is 65.1 cm³/mol. The van der Waals surface area contributed by atoms with E-state index < -0.39 is 6.36 Å². The molecule has 1 aromatic carbocycles. The molecule has 0 aromatic heterocycles. The van der Waals surface area contributed by atoms with Crippen LogP contribution in [0.25, 0.3) is 0 Å². The van der Waals surface area contributed by atoms with Gasteiger partial charge in [0.2, 0.25) is 0 Å². The number of hydrogen-bond acceptors (Lipinski definition) is 3. The molecule has 0 amide bonds. The number of benzene rings is 1. The van der Waals surface area contributed by atoms with Crippen LogP contribution in [0.4, 0.5) is 13.2 Å². The molecule has 1 atom stereocenters. The van der Waals surface area contributed by atoms with Crippen molar-refractivity contribution in [2.24, 2.45) is 11.8 Å². The second-order valence-corrected chi connectivity index (χ2v) is 4.81. The smallest absolute Gasteiger partial charge is 0.406 e. The predicted octanol–water partition coefficient (Wildman–Crippen LogP) is 3.28. The maximum atomic E-state index is 12.2. The molecule has 0 heterocycles. The van der Waals surface area contributed by atoms with E-state index >= 15 is 0 Å². The lowest BCUT2D eigenvalue weighted by Gasteiger charge is -2.23. The second-order valence-electron chi connectivity index (χ2n) is 4.81. The highest BCUT2D eigenvalue weighted by atomic mass is 19.4. The molecule has 1 fully saturated rings. The van der Waals surface area contributed by atoms with Gasteiger partial charge in [-0.3, -0.25) is 11.3 Å². The molecule has 3 N–H and O–H groups in total. The van der Waals surface area contributed by atoms with Gasteiger partial charge in [-0.2, -0.15) is 0 Å². The SMILES string of the molecule is NNC(c1cccc(OC(F)(F)F)c1)C1CCCC1. The third kappa shape index (κ3) is 3.84.